The maximum Gasteiger partial charge on any atom is 0.125 e. The van der Waals surface area contributed by atoms with Crippen LogP contribution in [-0.2, 0) is 0 Å². The van der Waals surface area contributed by atoms with Crippen LogP contribution in [0, 0.1) is 6.92 Å². The summed E-state index contributed by atoms with van der Waals surface area (Å²) < 4.78 is 5.32. The molecule has 11 heavy (non-hydrogen) atoms. The minimum Gasteiger partial charge on any atom is -0.464 e. The van der Waals surface area contributed by atoms with E-state index in [9.17, 15) is 0 Å². The van der Waals surface area contributed by atoms with E-state index >= 15 is 0 Å². The molecule has 60 valence electrons. The average Bonchev–Trinajstić information content (AvgIpc) is 2.34. The molecule has 0 saturated heterocycles. The maximum atomic E-state index is 5.76. The van der Waals surface area contributed by atoms with E-state index in [4.69, 9.17) is 10.2 Å². The van der Waals surface area contributed by atoms with Crippen LogP contribution in [0.25, 0.3) is 0 Å². The van der Waals surface area contributed by atoms with Gasteiger partial charge in [0, 0.05) is 0 Å². The van der Waals surface area contributed by atoms with Gasteiger partial charge in [-0.3, -0.25) is 0 Å². The van der Waals surface area contributed by atoms with Gasteiger partial charge in [0.05, 0.1) is 6.04 Å². The number of furan rings is 1. The fraction of sp³-hybridized carbons (Fsp3) is 0.333. The van der Waals surface area contributed by atoms with E-state index in [1.54, 1.807) is 0 Å². The second-order valence-electron chi connectivity index (χ2n) is 2.77. The monoisotopic (exact) mass is 151 g/mol. The summed E-state index contributed by atoms with van der Waals surface area (Å²) in [6, 6.07) is 3.62. The molecule has 1 unspecified atom stereocenters. The van der Waals surface area contributed by atoms with Gasteiger partial charge in [-0.15, -0.1) is 0 Å². The minimum absolute atomic E-state index is 0.163. The van der Waals surface area contributed by atoms with Crippen LogP contribution in [0.1, 0.15) is 24.5 Å². The highest BCUT2D eigenvalue weighted by atomic mass is 16.3. The summed E-state index contributed by atoms with van der Waals surface area (Å²) in [6.07, 6.45) is 0. The Bertz CT molecular complexity index is 262. The van der Waals surface area contributed by atoms with Gasteiger partial charge in [-0.25, -0.2) is 0 Å². The van der Waals surface area contributed by atoms with Crippen molar-refractivity contribution in [2.24, 2.45) is 5.73 Å². The number of nitrogens with two attached hydrogens (primary N) is 1. The lowest BCUT2D eigenvalue weighted by molar-refractivity contribution is 0.464. The van der Waals surface area contributed by atoms with Crippen molar-refractivity contribution < 1.29 is 4.42 Å². The normalized spacial score (nSPS) is 13.0. The maximum absolute atomic E-state index is 5.76. The molecule has 0 radical (unpaired) electrons. The fourth-order valence-corrected chi connectivity index (χ4v) is 0.863. The van der Waals surface area contributed by atoms with E-state index in [1.807, 2.05) is 26.0 Å². The van der Waals surface area contributed by atoms with Gasteiger partial charge in [-0.1, -0.05) is 12.2 Å². The van der Waals surface area contributed by atoms with Gasteiger partial charge >= 0.3 is 0 Å². The third-order valence-corrected chi connectivity index (χ3v) is 1.60. The van der Waals surface area contributed by atoms with E-state index in [2.05, 4.69) is 6.58 Å². The van der Waals surface area contributed by atoms with Crippen molar-refractivity contribution >= 4 is 0 Å². The van der Waals surface area contributed by atoms with Crippen LogP contribution in [-0.4, -0.2) is 0 Å². The van der Waals surface area contributed by atoms with Gasteiger partial charge in [-0.05, 0) is 26.0 Å². The SMILES string of the molecule is C=C(C)C(N)c1ccc(C)o1. The smallest absolute Gasteiger partial charge is 0.125 e. The van der Waals surface area contributed by atoms with Crippen molar-refractivity contribution in [2.75, 3.05) is 0 Å². The molecule has 2 N–H and O–H groups in total. The molecule has 0 saturated carbocycles. The molecule has 0 fully saturated rings. The quantitative estimate of drug-likeness (QED) is 0.658. The largest absolute Gasteiger partial charge is 0.464 e. The zero-order valence-electron chi connectivity index (χ0n) is 6.92. The summed E-state index contributed by atoms with van der Waals surface area (Å²) in [4.78, 5) is 0. The predicted octanol–water partition coefficient (Wildman–Crippen LogP) is 2.16. The summed E-state index contributed by atoms with van der Waals surface area (Å²) in [5.41, 5.74) is 6.67. The van der Waals surface area contributed by atoms with Crippen LogP contribution >= 0.6 is 0 Å². The molecule has 0 amide bonds. The molecule has 2 nitrogen and oxygen atoms in total. The molecule has 1 rings (SSSR count). The van der Waals surface area contributed by atoms with Gasteiger partial charge in [0.15, 0.2) is 0 Å². The highest BCUT2D eigenvalue weighted by molar-refractivity contribution is 5.17. The average molecular weight is 151 g/mol. The van der Waals surface area contributed by atoms with Crippen molar-refractivity contribution in [3.8, 4) is 0 Å². The molecule has 1 atom stereocenters. The lowest BCUT2D eigenvalue weighted by Crippen LogP contribution is -2.09. The van der Waals surface area contributed by atoms with E-state index in [0.29, 0.717) is 0 Å². The van der Waals surface area contributed by atoms with Crippen molar-refractivity contribution in [1.29, 1.82) is 0 Å². The Morgan fingerprint density at radius 3 is 2.64 bits per heavy atom. The van der Waals surface area contributed by atoms with E-state index in [0.717, 1.165) is 17.1 Å². The van der Waals surface area contributed by atoms with Gasteiger partial charge in [-0.2, -0.15) is 0 Å². The van der Waals surface area contributed by atoms with Crippen LogP contribution in [0.5, 0.6) is 0 Å². The molecule has 0 bridgehead atoms. The lowest BCUT2D eigenvalue weighted by atomic mass is 10.1. The predicted molar refractivity (Wildman–Crippen MR) is 45.2 cm³/mol. The van der Waals surface area contributed by atoms with Crippen molar-refractivity contribution in [3.63, 3.8) is 0 Å². The molecule has 0 spiro atoms. The third-order valence-electron chi connectivity index (χ3n) is 1.60. The first kappa shape index (κ1) is 8.08. The number of rotatable bonds is 2. The molecule has 2 heteroatoms. The summed E-state index contributed by atoms with van der Waals surface area (Å²) in [5.74, 6) is 1.67. The molecule has 1 heterocycles. The number of hydrogen-bond donors (Lipinski definition) is 1. The Kier molecular flexibility index (Phi) is 2.15. The Balaban J connectivity index is 2.84. The van der Waals surface area contributed by atoms with Crippen molar-refractivity contribution in [1.82, 2.24) is 0 Å². The first-order valence-electron chi connectivity index (χ1n) is 3.58. The topological polar surface area (TPSA) is 39.2 Å². The molecule has 1 aromatic rings. The third kappa shape index (κ3) is 1.71. The Hall–Kier alpha value is -1.02. The van der Waals surface area contributed by atoms with Crippen LogP contribution in [0.15, 0.2) is 28.7 Å². The Labute approximate surface area is 66.7 Å². The van der Waals surface area contributed by atoms with Gasteiger partial charge in [0.1, 0.15) is 11.5 Å². The van der Waals surface area contributed by atoms with Crippen LogP contribution < -0.4 is 5.73 Å². The molecule has 0 aliphatic rings. The van der Waals surface area contributed by atoms with E-state index in [-0.39, 0.29) is 6.04 Å². The van der Waals surface area contributed by atoms with Crippen molar-refractivity contribution in [3.05, 3.63) is 35.8 Å². The standard InChI is InChI=1S/C9H13NO/c1-6(2)9(10)8-5-4-7(3)11-8/h4-5,9H,1,10H2,2-3H3. The summed E-state index contributed by atoms with van der Waals surface area (Å²) in [6.45, 7) is 7.54. The molecule has 0 aromatic carbocycles. The number of aryl methyl sites for hydroxylation is 1. The van der Waals surface area contributed by atoms with Gasteiger partial charge in [0.25, 0.3) is 0 Å². The summed E-state index contributed by atoms with van der Waals surface area (Å²) >= 11 is 0. The zero-order chi connectivity index (χ0) is 8.43. The van der Waals surface area contributed by atoms with E-state index < -0.39 is 0 Å². The fourth-order valence-electron chi connectivity index (χ4n) is 0.863. The molecular weight excluding hydrogens is 138 g/mol. The van der Waals surface area contributed by atoms with Crippen molar-refractivity contribution in [2.45, 2.75) is 19.9 Å². The Morgan fingerprint density at radius 2 is 2.27 bits per heavy atom. The minimum atomic E-state index is -0.163. The molecule has 0 aliphatic heterocycles. The lowest BCUT2D eigenvalue weighted by Gasteiger charge is -2.06. The molecular formula is C9H13NO. The zero-order valence-corrected chi connectivity index (χ0v) is 6.92. The first-order valence-corrected chi connectivity index (χ1v) is 3.58. The molecule has 0 aliphatic carbocycles. The van der Waals surface area contributed by atoms with Gasteiger partial charge in [0.2, 0.25) is 0 Å². The highest BCUT2D eigenvalue weighted by Crippen LogP contribution is 2.18. The highest BCUT2D eigenvalue weighted by Gasteiger charge is 2.09. The first-order chi connectivity index (χ1) is 5.11. The second kappa shape index (κ2) is 2.93. The van der Waals surface area contributed by atoms with Crippen LogP contribution in [0.4, 0.5) is 0 Å². The van der Waals surface area contributed by atoms with Crippen LogP contribution in [0.2, 0.25) is 0 Å². The van der Waals surface area contributed by atoms with E-state index in [1.165, 1.54) is 0 Å². The van der Waals surface area contributed by atoms with Gasteiger partial charge < -0.3 is 10.2 Å². The van der Waals surface area contributed by atoms with Crippen LogP contribution in [0.3, 0.4) is 0 Å². The number of hydrogen-bond acceptors (Lipinski definition) is 2. The Morgan fingerprint density at radius 1 is 1.64 bits per heavy atom. The summed E-state index contributed by atoms with van der Waals surface area (Å²) in [7, 11) is 0. The summed E-state index contributed by atoms with van der Waals surface area (Å²) in [5, 5.41) is 0. The second-order valence-corrected chi connectivity index (χ2v) is 2.77. The molecule has 1 aromatic heterocycles.